The highest BCUT2D eigenvalue weighted by atomic mass is 19.1. The normalized spacial score (nSPS) is 10.3. The Balaban J connectivity index is 2.13. The van der Waals surface area contributed by atoms with Crippen LogP contribution < -0.4 is 15.1 Å². The second-order valence-electron chi connectivity index (χ2n) is 5.33. The summed E-state index contributed by atoms with van der Waals surface area (Å²) in [6.07, 6.45) is 0. The average Bonchev–Trinajstić information content (AvgIpc) is 2.52. The molecule has 23 heavy (non-hydrogen) atoms. The summed E-state index contributed by atoms with van der Waals surface area (Å²) in [5.41, 5.74) is 0.376. The number of anilines is 2. The van der Waals surface area contributed by atoms with Gasteiger partial charge >= 0.3 is 0 Å². The summed E-state index contributed by atoms with van der Waals surface area (Å²) in [6.45, 7) is 0.153. The number of carbonyl (C=O) groups excluding carboxylic acids is 1. The molecule has 1 aromatic heterocycles. The molecule has 0 atom stereocenters. The quantitative estimate of drug-likeness (QED) is 0.889. The number of nitrogens with zero attached hydrogens (tertiary/aromatic N) is 5. The van der Waals surface area contributed by atoms with Gasteiger partial charge in [0.2, 0.25) is 11.9 Å². The predicted molar refractivity (Wildman–Crippen MR) is 86.1 cm³/mol. The molecule has 0 saturated heterocycles. The lowest BCUT2D eigenvalue weighted by molar-refractivity contribution is 0.0950. The molecule has 8 heteroatoms. The van der Waals surface area contributed by atoms with E-state index in [0.717, 1.165) is 0 Å². The summed E-state index contributed by atoms with van der Waals surface area (Å²) in [5.74, 6) is 0.765. The van der Waals surface area contributed by atoms with Gasteiger partial charge in [-0.3, -0.25) is 4.79 Å². The first kappa shape index (κ1) is 16.6. The minimum atomic E-state index is -0.384. The molecule has 0 aliphatic carbocycles. The maximum Gasteiger partial charge on any atom is 0.251 e. The van der Waals surface area contributed by atoms with E-state index >= 15 is 0 Å². The summed E-state index contributed by atoms with van der Waals surface area (Å²) >= 11 is 0. The maximum absolute atomic E-state index is 12.9. The molecule has 1 amide bonds. The van der Waals surface area contributed by atoms with Crippen LogP contribution in [0.4, 0.5) is 16.3 Å². The SMILES string of the molecule is CN(C)c1nc(CNC(=O)c2ccc(F)cc2)nc(N(C)C)n1. The molecule has 1 aromatic carbocycles. The minimum Gasteiger partial charge on any atom is -0.347 e. The van der Waals surface area contributed by atoms with Gasteiger partial charge in [-0.15, -0.1) is 0 Å². The topological polar surface area (TPSA) is 74.2 Å². The van der Waals surface area contributed by atoms with Crippen molar-refractivity contribution in [2.45, 2.75) is 6.54 Å². The van der Waals surface area contributed by atoms with Crippen molar-refractivity contribution in [1.29, 1.82) is 0 Å². The van der Waals surface area contributed by atoms with Gasteiger partial charge in [-0.25, -0.2) is 4.39 Å². The minimum absolute atomic E-state index is 0.153. The Morgan fingerprint density at radius 3 is 2.00 bits per heavy atom. The number of amides is 1. The van der Waals surface area contributed by atoms with E-state index in [4.69, 9.17) is 0 Å². The van der Waals surface area contributed by atoms with Crippen molar-refractivity contribution < 1.29 is 9.18 Å². The number of hydrogen-bond donors (Lipinski definition) is 1. The van der Waals surface area contributed by atoms with Crippen molar-refractivity contribution in [3.8, 4) is 0 Å². The number of nitrogens with one attached hydrogen (secondary N) is 1. The number of halogens is 1. The van der Waals surface area contributed by atoms with Gasteiger partial charge in [-0.2, -0.15) is 15.0 Å². The number of aromatic nitrogens is 3. The molecule has 0 bridgehead atoms. The first-order chi connectivity index (χ1) is 10.9. The third-order valence-corrected chi connectivity index (χ3v) is 2.97. The highest BCUT2D eigenvalue weighted by Gasteiger charge is 2.11. The van der Waals surface area contributed by atoms with Crippen LogP contribution in [0.25, 0.3) is 0 Å². The van der Waals surface area contributed by atoms with E-state index < -0.39 is 0 Å². The van der Waals surface area contributed by atoms with Gasteiger partial charge in [-0.05, 0) is 24.3 Å². The highest BCUT2D eigenvalue weighted by molar-refractivity contribution is 5.94. The van der Waals surface area contributed by atoms with E-state index in [0.29, 0.717) is 23.3 Å². The predicted octanol–water partition coefficient (Wildman–Crippen LogP) is 1.07. The van der Waals surface area contributed by atoms with E-state index in [9.17, 15) is 9.18 Å². The molecule has 0 fully saturated rings. The smallest absolute Gasteiger partial charge is 0.251 e. The zero-order chi connectivity index (χ0) is 17.0. The molecule has 0 saturated carbocycles. The van der Waals surface area contributed by atoms with Gasteiger partial charge in [0, 0.05) is 33.8 Å². The van der Waals surface area contributed by atoms with E-state index in [1.54, 1.807) is 9.80 Å². The van der Waals surface area contributed by atoms with Crippen LogP contribution in [0, 0.1) is 5.82 Å². The fraction of sp³-hybridized carbons (Fsp3) is 0.333. The van der Waals surface area contributed by atoms with Crippen molar-refractivity contribution >= 4 is 17.8 Å². The summed E-state index contributed by atoms with van der Waals surface area (Å²) in [4.78, 5) is 28.5. The largest absolute Gasteiger partial charge is 0.347 e. The molecule has 0 aliphatic rings. The molecule has 0 radical (unpaired) electrons. The van der Waals surface area contributed by atoms with Crippen LogP contribution in [-0.2, 0) is 6.54 Å². The van der Waals surface area contributed by atoms with Gasteiger partial charge in [0.15, 0.2) is 5.82 Å². The number of rotatable bonds is 5. The molecule has 0 unspecified atom stereocenters. The fourth-order valence-electron chi connectivity index (χ4n) is 1.74. The molecule has 1 N–H and O–H groups in total. The van der Waals surface area contributed by atoms with Crippen LogP contribution in [-0.4, -0.2) is 49.0 Å². The summed E-state index contributed by atoms with van der Waals surface area (Å²) in [6, 6.07) is 5.33. The zero-order valence-corrected chi connectivity index (χ0v) is 13.5. The van der Waals surface area contributed by atoms with Gasteiger partial charge in [-0.1, -0.05) is 0 Å². The molecular formula is C15H19FN6O. The van der Waals surface area contributed by atoms with Crippen molar-refractivity contribution in [3.05, 3.63) is 41.5 Å². The standard InChI is InChI=1S/C15H19FN6O/c1-21(2)14-18-12(19-15(20-14)22(3)4)9-17-13(23)10-5-7-11(16)8-6-10/h5-8H,9H2,1-4H3,(H,17,23). The maximum atomic E-state index is 12.9. The lowest BCUT2D eigenvalue weighted by atomic mass is 10.2. The Morgan fingerprint density at radius 2 is 1.52 bits per heavy atom. The van der Waals surface area contributed by atoms with E-state index in [2.05, 4.69) is 20.3 Å². The first-order valence-electron chi connectivity index (χ1n) is 7.00. The number of carbonyl (C=O) groups is 1. The molecular weight excluding hydrogens is 299 g/mol. The molecule has 2 rings (SSSR count). The van der Waals surface area contributed by atoms with Crippen LogP contribution in [0.1, 0.15) is 16.2 Å². The molecule has 0 aliphatic heterocycles. The second-order valence-corrected chi connectivity index (χ2v) is 5.33. The fourth-order valence-corrected chi connectivity index (χ4v) is 1.74. The monoisotopic (exact) mass is 318 g/mol. The summed E-state index contributed by atoms with van der Waals surface area (Å²) < 4.78 is 12.9. The number of hydrogen-bond acceptors (Lipinski definition) is 6. The Kier molecular flexibility index (Phi) is 5.05. The lowest BCUT2D eigenvalue weighted by Gasteiger charge is -2.16. The highest BCUT2D eigenvalue weighted by Crippen LogP contribution is 2.10. The van der Waals surface area contributed by atoms with Gasteiger partial charge in [0.25, 0.3) is 5.91 Å². The van der Waals surface area contributed by atoms with E-state index in [1.165, 1.54) is 24.3 Å². The van der Waals surface area contributed by atoms with Crippen molar-refractivity contribution in [1.82, 2.24) is 20.3 Å². The van der Waals surface area contributed by atoms with Gasteiger partial charge in [0.1, 0.15) is 5.82 Å². The number of benzene rings is 1. The van der Waals surface area contributed by atoms with Crippen molar-refractivity contribution in [2.24, 2.45) is 0 Å². The Bertz CT molecular complexity index is 661. The van der Waals surface area contributed by atoms with E-state index in [-0.39, 0.29) is 18.3 Å². The van der Waals surface area contributed by atoms with Crippen molar-refractivity contribution in [3.63, 3.8) is 0 Å². The van der Waals surface area contributed by atoms with Crippen LogP contribution in [0.15, 0.2) is 24.3 Å². The summed E-state index contributed by atoms with van der Waals surface area (Å²) in [5, 5.41) is 2.72. The van der Waals surface area contributed by atoms with Crippen LogP contribution in [0.3, 0.4) is 0 Å². The van der Waals surface area contributed by atoms with Crippen LogP contribution >= 0.6 is 0 Å². The third kappa shape index (κ3) is 4.35. The second kappa shape index (κ2) is 6.99. The Hall–Kier alpha value is -2.77. The van der Waals surface area contributed by atoms with Crippen LogP contribution in [0.2, 0.25) is 0 Å². The molecule has 7 nitrogen and oxygen atoms in total. The Labute approximate surface area is 134 Å². The molecule has 122 valence electrons. The average molecular weight is 318 g/mol. The first-order valence-corrected chi connectivity index (χ1v) is 7.00. The van der Waals surface area contributed by atoms with Crippen molar-refractivity contribution in [2.75, 3.05) is 38.0 Å². The molecule has 1 heterocycles. The van der Waals surface area contributed by atoms with Gasteiger partial charge in [0.05, 0.1) is 6.54 Å². The van der Waals surface area contributed by atoms with E-state index in [1.807, 2.05) is 28.2 Å². The Morgan fingerprint density at radius 1 is 1.00 bits per heavy atom. The van der Waals surface area contributed by atoms with Crippen LogP contribution in [0.5, 0.6) is 0 Å². The summed E-state index contributed by atoms with van der Waals surface area (Å²) in [7, 11) is 7.32. The molecule has 0 spiro atoms. The molecule has 2 aromatic rings. The third-order valence-electron chi connectivity index (χ3n) is 2.97. The zero-order valence-electron chi connectivity index (χ0n) is 13.5. The van der Waals surface area contributed by atoms with Gasteiger partial charge < -0.3 is 15.1 Å². The lowest BCUT2D eigenvalue weighted by Crippen LogP contribution is -2.26.